The van der Waals surface area contributed by atoms with E-state index in [9.17, 15) is 18.3 Å². The van der Waals surface area contributed by atoms with E-state index in [2.05, 4.69) is 20.9 Å². The molecule has 0 aliphatic heterocycles. The van der Waals surface area contributed by atoms with Crippen molar-refractivity contribution in [2.24, 2.45) is 7.05 Å². The molecule has 1 aromatic heterocycles. The molecular formula is C25H37F3N6O3. The van der Waals surface area contributed by atoms with E-state index in [1.54, 1.807) is 19.5 Å². The maximum Gasteiger partial charge on any atom is 0.415 e. The molecule has 206 valence electrons. The molecule has 1 saturated carbocycles. The van der Waals surface area contributed by atoms with Crippen LogP contribution in [-0.2, 0) is 11.8 Å². The molecule has 37 heavy (non-hydrogen) atoms. The summed E-state index contributed by atoms with van der Waals surface area (Å²) in [5, 5.41) is 26.8. The second kappa shape index (κ2) is 13.1. The molecule has 1 fully saturated rings. The van der Waals surface area contributed by atoms with Crippen molar-refractivity contribution in [2.75, 3.05) is 32.1 Å². The number of methoxy groups -OCH3 is 1. The number of rotatable bonds is 12. The number of nitrogens with one attached hydrogen (secondary N) is 4. The van der Waals surface area contributed by atoms with Crippen LogP contribution in [0.2, 0.25) is 0 Å². The van der Waals surface area contributed by atoms with Gasteiger partial charge in [-0.1, -0.05) is 0 Å². The highest BCUT2D eigenvalue weighted by molar-refractivity contribution is 6.06. The number of aryl methyl sites for hydroxylation is 1. The summed E-state index contributed by atoms with van der Waals surface area (Å²) in [5.41, 5.74) is 3.07. The Morgan fingerprint density at radius 2 is 2.03 bits per heavy atom. The lowest BCUT2D eigenvalue weighted by Crippen LogP contribution is -2.44. The maximum absolute atomic E-state index is 12.5. The number of imidazole rings is 1. The number of hydrogen-bond acceptors (Lipinski definition) is 7. The summed E-state index contributed by atoms with van der Waals surface area (Å²) in [5.74, 6) is 0.835. The predicted octanol–water partition coefficient (Wildman–Crippen LogP) is 3.70. The molecule has 0 unspecified atom stereocenters. The van der Waals surface area contributed by atoms with Crippen LogP contribution < -0.4 is 20.7 Å². The molecule has 0 radical (unpaired) electrons. The molecule has 2 aromatic rings. The largest absolute Gasteiger partial charge is 0.490 e. The summed E-state index contributed by atoms with van der Waals surface area (Å²) in [4.78, 5) is 4.46. The molecule has 1 aliphatic carbocycles. The second-order valence-electron chi connectivity index (χ2n) is 9.39. The minimum absolute atomic E-state index is 0.0815. The van der Waals surface area contributed by atoms with Gasteiger partial charge in [-0.05, 0) is 45.1 Å². The van der Waals surface area contributed by atoms with Crippen LogP contribution in [0.5, 0.6) is 5.75 Å². The fourth-order valence-electron chi connectivity index (χ4n) is 4.29. The number of anilines is 1. The van der Waals surface area contributed by atoms with Crippen LogP contribution in [-0.4, -0.2) is 71.7 Å². The fraction of sp³-hybridized carbons (Fsp3) is 0.600. The van der Waals surface area contributed by atoms with Gasteiger partial charge in [0.15, 0.2) is 6.10 Å². The van der Waals surface area contributed by atoms with Gasteiger partial charge in [-0.3, -0.25) is 5.41 Å². The van der Waals surface area contributed by atoms with Crippen LogP contribution in [0.25, 0.3) is 11.0 Å². The Hall–Kier alpha value is -2.83. The van der Waals surface area contributed by atoms with Crippen LogP contribution >= 0.6 is 0 Å². The number of ether oxygens (including phenoxy) is 2. The van der Waals surface area contributed by atoms with Gasteiger partial charge in [-0.2, -0.15) is 13.2 Å². The molecule has 1 heterocycles. The van der Waals surface area contributed by atoms with Gasteiger partial charge < -0.3 is 35.1 Å². The average molecular weight is 527 g/mol. The fourth-order valence-corrected chi connectivity index (χ4v) is 4.29. The maximum atomic E-state index is 12.5. The Balaban J connectivity index is 1.60. The van der Waals surface area contributed by atoms with Crippen molar-refractivity contribution in [3.8, 4) is 5.75 Å². The van der Waals surface area contributed by atoms with Gasteiger partial charge in [-0.15, -0.1) is 0 Å². The van der Waals surface area contributed by atoms with Gasteiger partial charge in [0.05, 0.1) is 23.6 Å². The smallest absolute Gasteiger partial charge is 0.415 e. The zero-order valence-electron chi connectivity index (χ0n) is 21.5. The second-order valence-corrected chi connectivity index (χ2v) is 9.39. The minimum Gasteiger partial charge on any atom is -0.490 e. The number of aliphatic hydroxyl groups is 1. The number of allylic oxidation sites excluding steroid dienone is 1. The highest BCUT2D eigenvalue weighted by atomic mass is 19.4. The van der Waals surface area contributed by atoms with Gasteiger partial charge in [0.25, 0.3) is 0 Å². The minimum atomic E-state index is -4.62. The summed E-state index contributed by atoms with van der Waals surface area (Å²) in [7, 11) is 3.55. The quantitative estimate of drug-likeness (QED) is 0.163. The van der Waals surface area contributed by atoms with Gasteiger partial charge >= 0.3 is 6.18 Å². The lowest BCUT2D eigenvalue weighted by atomic mass is 9.93. The van der Waals surface area contributed by atoms with E-state index >= 15 is 0 Å². The normalized spacial score (nSPS) is 19.6. The van der Waals surface area contributed by atoms with Gasteiger partial charge in [0, 0.05) is 57.7 Å². The van der Waals surface area contributed by atoms with Crippen LogP contribution in [0.15, 0.2) is 30.2 Å². The number of nitrogens with zero attached hydrogens (tertiary/aromatic N) is 2. The van der Waals surface area contributed by atoms with Crippen molar-refractivity contribution in [1.82, 2.24) is 20.2 Å². The third kappa shape index (κ3) is 8.61. The third-order valence-electron chi connectivity index (χ3n) is 6.32. The van der Waals surface area contributed by atoms with E-state index in [4.69, 9.17) is 14.9 Å². The average Bonchev–Trinajstić information content (AvgIpc) is 3.21. The van der Waals surface area contributed by atoms with E-state index in [-0.39, 0.29) is 18.0 Å². The summed E-state index contributed by atoms with van der Waals surface area (Å²) >= 11 is 0. The van der Waals surface area contributed by atoms with Gasteiger partial charge in [0.1, 0.15) is 17.1 Å². The molecule has 12 heteroatoms. The molecule has 0 amide bonds. The lowest BCUT2D eigenvalue weighted by Gasteiger charge is -2.30. The SMILES string of the molecule is COCCCN/C(C)=C\C(=N)Nc1cc(O[C@H]2CC[C@@H](NC[C@@H](O)C(F)(F)F)CC2)cc2c1ncn2C. The Morgan fingerprint density at radius 3 is 2.70 bits per heavy atom. The first-order valence-electron chi connectivity index (χ1n) is 12.4. The summed E-state index contributed by atoms with van der Waals surface area (Å²) < 4.78 is 50.8. The first-order chi connectivity index (χ1) is 17.6. The number of amidine groups is 1. The molecule has 0 spiro atoms. The molecule has 1 aromatic carbocycles. The molecule has 0 saturated heterocycles. The molecule has 1 aliphatic rings. The molecule has 3 rings (SSSR count). The number of hydrogen-bond donors (Lipinski definition) is 5. The van der Waals surface area contributed by atoms with Crippen molar-refractivity contribution in [2.45, 2.75) is 63.5 Å². The van der Waals surface area contributed by atoms with Crippen molar-refractivity contribution < 1.29 is 27.8 Å². The highest BCUT2D eigenvalue weighted by Gasteiger charge is 2.38. The number of benzene rings is 1. The topological polar surface area (TPSA) is 116 Å². The summed E-state index contributed by atoms with van der Waals surface area (Å²) in [6.07, 6.45) is -0.118. The summed E-state index contributed by atoms with van der Waals surface area (Å²) in [6, 6.07) is 3.63. The van der Waals surface area contributed by atoms with Crippen molar-refractivity contribution in [1.29, 1.82) is 5.41 Å². The van der Waals surface area contributed by atoms with E-state index in [0.29, 0.717) is 43.7 Å². The van der Waals surface area contributed by atoms with Crippen LogP contribution in [0.4, 0.5) is 18.9 Å². The van der Waals surface area contributed by atoms with Crippen molar-refractivity contribution in [3.63, 3.8) is 0 Å². The lowest BCUT2D eigenvalue weighted by molar-refractivity contribution is -0.202. The zero-order valence-corrected chi connectivity index (χ0v) is 21.5. The number of aliphatic hydroxyl groups excluding tert-OH is 1. The first-order valence-corrected chi connectivity index (χ1v) is 12.4. The Bertz CT molecular complexity index is 1060. The molecule has 5 N–H and O–H groups in total. The van der Waals surface area contributed by atoms with E-state index in [0.717, 1.165) is 29.7 Å². The van der Waals surface area contributed by atoms with Crippen molar-refractivity contribution >= 4 is 22.6 Å². The van der Waals surface area contributed by atoms with Crippen LogP contribution in [0, 0.1) is 5.41 Å². The van der Waals surface area contributed by atoms with Crippen LogP contribution in [0.3, 0.4) is 0 Å². The molecule has 9 nitrogen and oxygen atoms in total. The Morgan fingerprint density at radius 1 is 1.30 bits per heavy atom. The monoisotopic (exact) mass is 526 g/mol. The molecular weight excluding hydrogens is 489 g/mol. The van der Waals surface area contributed by atoms with Gasteiger partial charge in [-0.25, -0.2) is 4.98 Å². The first kappa shape index (κ1) is 28.7. The number of fused-ring (bicyclic) bond motifs is 1. The number of aromatic nitrogens is 2. The highest BCUT2D eigenvalue weighted by Crippen LogP contribution is 2.31. The van der Waals surface area contributed by atoms with E-state index < -0.39 is 18.8 Å². The zero-order chi connectivity index (χ0) is 27.0. The molecule has 0 bridgehead atoms. The van der Waals surface area contributed by atoms with Crippen molar-refractivity contribution in [3.05, 3.63) is 30.2 Å². The Labute approximate surface area is 214 Å². The molecule has 1 atom stereocenters. The summed E-state index contributed by atoms with van der Waals surface area (Å²) in [6.45, 7) is 2.81. The number of alkyl halides is 3. The standard InChI is InChI=1S/C25H37F3N6O3/c1-16(30-9-4-10-36-3)11-23(29)33-20-12-19(13-21-24(20)32-15-34(21)2)37-18-7-5-17(6-8-18)31-14-22(35)25(26,27)28/h11-13,15,17-18,22,30-31,35H,4-10,14H2,1-3H3,(H2,29,33)/b16-11-/t17-,18+,22-/m1/s1. The van der Waals surface area contributed by atoms with Gasteiger partial charge in [0.2, 0.25) is 0 Å². The predicted molar refractivity (Wildman–Crippen MR) is 137 cm³/mol. The van der Waals surface area contributed by atoms with E-state index in [1.165, 1.54) is 0 Å². The number of halogens is 3. The van der Waals surface area contributed by atoms with Crippen LogP contribution in [0.1, 0.15) is 39.0 Å². The van der Waals surface area contributed by atoms with E-state index in [1.807, 2.05) is 30.7 Å². The third-order valence-corrected chi connectivity index (χ3v) is 6.32. The Kier molecular flexibility index (Phi) is 10.2.